The molecule has 0 saturated heterocycles. The molecule has 9 heteroatoms. The van der Waals surface area contributed by atoms with Gasteiger partial charge in [-0.15, -0.1) is 0 Å². The molecule has 0 aliphatic rings. The van der Waals surface area contributed by atoms with E-state index < -0.39 is 16.3 Å². The van der Waals surface area contributed by atoms with Gasteiger partial charge >= 0.3 is 35.7 Å². The molecule has 0 heterocycles. The van der Waals surface area contributed by atoms with Crippen LogP contribution in [-0.4, -0.2) is 50.9 Å². The zero-order valence-corrected chi connectivity index (χ0v) is 18.5. The first-order valence-electron chi connectivity index (χ1n) is 7.94. The molecule has 2 aromatic carbocycles. The summed E-state index contributed by atoms with van der Waals surface area (Å²) < 4.78 is 41.5. The summed E-state index contributed by atoms with van der Waals surface area (Å²) in [6.45, 7) is 1.59. The monoisotopic (exact) mass is 404 g/mol. The second-order valence-corrected chi connectivity index (χ2v) is 7.87. The molecule has 0 saturated carbocycles. The predicted octanol–water partition coefficient (Wildman–Crippen LogP) is -0.158. The molecular formula is C18H23NNaO6S+. The molecule has 142 valence electrons. The summed E-state index contributed by atoms with van der Waals surface area (Å²) >= 11 is 0. The predicted molar refractivity (Wildman–Crippen MR) is 96.5 cm³/mol. The van der Waals surface area contributed by atoms with Gasteiger partial charge in [-0.1, -0.05) is 30.3 Å². The van der Waals surface area contributed by atoms with Crippen LogP contribution in [-0.2, 0) is 21.4 Å². The number of ether oxygens (including phenoxy) is 2. The van der Waals surface area contributed by atoms with E-state index in [9.17, 15) is 13.2 Å². The second kappa shape index (κ2) is 10.2. The van der Waals surface area contributed by atoms with Gasteiger partial charge in [-0.2, -0.15) is 8.42 Å². The maximum absolute atomic E-state index is 11.7. The summed E-state index contributed by atoms with van der Waals surface area (Å²) in [5.41, 5.74) is 1.19. The topological polar surface area (TPSA) is 89.9 Å². The van der Waals surface area contributed by atoms with Gasteiger partial charge in [-0.25, -0.2) is 4.79 Å². The van der Waals surface area contributed by atoms with Crippen LogP contribution in [0.4, 0.5) is 4.79 Å². The van der Waals surface area contributed by atoms with E-state index in [2.05, 4.69) is 0 Å². The number of likely N-dealkylation sites (N-methyl/N-ethyl adjacent to an activating group) is 1. The maximum atomic E-state index is 11.7. The standard InChI is InChI=1S/C18H21NO6S.Na.H/c1-19(2,14-15-6-4-3-5-7-15)12-13-24-18(20)25-16-8-10-17(11-9-16)26(21,22)23;;/h3-11H,12-14H2,1-2H3;;/q;+1;-1/p+1. The average molecular weight is 404 g/mol. The largest absolute Gasteiger partial charge is 1.00 e. The van der Waals surface area contributed by atoms with Gasteiger partial charge in [0.05, 0.1) is 19.0 Å². The van der Waals surface area contributed by atoms with E-state index in [1.165, 1.54) is 17.7 Å². The Morgan fingerprint density at radius 1 is 1.07 bits per heavy atom. The van der Waals surface area contributed by atoms with Crippen LogP contribution in [0.5, 0.6) is 5.75 Å². The first-order chi connectivity index (χ1) is 12.2. The minimum atomic E-state index is -4.28. The van der Waals surface area contributed by atoms with Crippen molar-refractivity contribution in [3.8, 4) is 5.75 Å². The fourth-order valence-electron chi connectivity index (χ4n) is 2.34. The molecule has 0 aliphatic heterocycles. The molecule has 0 radical (unpaired) electrons. The molecule has 0 spiro atoms. The number of carbonyl (C=O) groups excluding carboxylic acids is 1. The minimum Gasteiger partial charge on any atom is -1.00 e. The Labute approximate surface area is 183 Å². The van der Waals surface area contributed by atoms with Gasteiger partial charge in [0.15, 0.2) is 0 Å². The summed E-state index contributed by atoms with van der Waals surface area (Å²) in [5, 5.41) is 0. The van der Waals surface area contributed by atoms with Gasteiger partial charge in [0.25, 0.3) is 10.1 Å². The number of nitrogens with zero attached hydrogens (tertiary/aromatic N) is 1. The third kappa shape index (κ3) is 8.42. The second-order valence-electron chi connectivity index (χ2n) is 6.45. The molecule has 0 aromatic heterocycles. The van der Waals surface area contributed by atoms with Crippen molar-refractivity contribution < 1.29 is 62.7 Å². The Morgan fingerprint density at radius 3 is 2.22 bits per heavy atom. The van der Waals surface area contributed by atoms with Crippen molar-refractivity contribution in [2.75, 3.05) is 27.2 Å². The summed E-state index contributed by atoms with van der Waals surface area (Å²) in [6, 6.07) is 14.8. The fourth-order valence-corrected chi connectivity index (χ4v) is 2.82. The fraction of sp³-hybridized carbons (Fsp3) is 0.278. The molecule has 0 fully saturated rings. The molecule has 2 rings (SSSR count). The molecular weight excluding hydrogens is 381 g/mol. The van der Waals surface area contributed by atoms with E-state index in [1.54, 1.807) is 0 Å². The van der Waals surface area contributed by atoms with Gasteiger partial charge in [0.1, 0.15) is 25.4 Å². The van der Waals surface area contributed by atoms with Crippen LogP contribution < -0.4 is 34.3 Å². The van der Waals surface area contributed by atoms with Gasteiger partial charge < -0.3 is 15.4 Å². The normalized spacial score (nSPS) is 11.4. The Bertz CT molecular complexity index is 844. The van der Waals surface area contributed by atoms with Crippen molar-refractivity contribution in [2.45, 2.75) is 11.4 Å². The van der Waals surface area contributed by atoms with Crippen LogP contribution >= 0.6 is 0 Å². The van der Waals surface area contributed by atoms with E-state index >= 15 is 0 Å². The zero-order chi connectivity index (χ0) is 19.2. The number of carbonyl (C=O) groups is 1. The minimum absolute atomic E-state index is 0. The van der Waals surface area contributed by atoms with Gasteiger partial charge in [0, 0.05) is 5.56 Å². The molecule has 7 nitrogen and oxygen atoms in total. The molecule has 1 N–H and O–H groups in total. The van der Waals surface area contributed by atoms with Gasteiger partial charge in [-0.3, -0.25) is 4.55 Å². The smallest absolute Gasteiger partial charge is 1.00 e. The average Bonchev–Trinajstić information content (AvgIpc) is 2.54. The van der Waals surface area contributed by atoms with Crippen LogP contribution in [0.1, 0.15) is 6.99 Å². The number of benzene rings is 2. The number of rotatable bonds is 7. The van der Waals surface area contributed by atoms with E-state index in [4.69, 9.17) is 14.0 Å². The molecule has 0 aliphatic carbocycles. The molecule has 2 aromatic rings. The molecule has 0 amide bonds. The maximum Gasteiger partial charge on any atom is 1.00 e. The summed E-state index contributed by atoms with van der Waals surface area (Å²) in [5.74, 6) is 0.125. The quantitative estimate of drug-likeness (QED) is 0.227. The molecule has 27 heavy (non-hydrogen) atoms. The van der Waals surface area contributed by atoms with E-state index in [1.807, 2.05) is 44.4 Å². The van der Waals surface area contributed by atoms with E-state index in [0.29, 0.717) is 11.0 Å². The van der Waals surface area contributed by atoms with Crippen molar-refractivity contribution in [1.82, 2.24) is 0 Å². The zero-order valence-electron chi connectivity index (χ0n) is 16.7. The summed E-state index contributed by atoms with van der Waals surface area (Å²) in [6.07, 6.45) is -0.871. The Balaban J connectivity index is 0.00000364. The van der Waals surface area contributed by atoms with Crippen molar-refractivity contribution in [1.29, 1.82) is 0 Å². The summed E-state index contributed by atoms with van der Waals surface area (Å²) in [4.78, 5) is 11.4. The van der Waals surface area contributed by atoms with Crippen LogP contribution in [0, 0.1) is 0 Å². The first kappa shape index (κ1) is 23.6. The first-order valence-corrected chi connectivity index (χ1v) is 9.38. The van der Waals surface area contributed by atoms with Crippen molar-refractivity contribution in [3.63, 3.8) is 0 Å². The Morgan fingerprint density at radius 2 is 1.67 bits per heavy atom. The SMILES string of the molecule is C[N+](C)(CCOC(=O)Oc1ccc(S(=O)(=O)O)cc1)Cc1ccccc1.[H-].[Na+]. The van der Waals surface area contributed by atoms with Crippen LogP contribution in [0.2, 0.25) is 0 Å². The third-order valence-electron chi connectivity index (χ3n) is 3.69. The van der Waals surface area contributed by atoms with E-state index in [-0.39, 0.29) is 48.2 Å². The van der Waals surface area contributed by atoms with Crippen molar-refractivity contribution >= 4 is 16.3 Å². The molecule has 0 unspecified atom stereocenters. The van der Waals surface area contributed by atoms with Gasteiger partial charge in [0.2, 0.25) is 0 Å². The van der Waals surface area contributed by atoms with Crippen molar-refractivity contribution in [3.05, 3.63) is 60.2 Å². The van der Waals surface area contributed by atoms with E-state index in [0.717, 1.165) is 18.7 Å². The Hall–Kier alpha value is -1.42. The third-order valence-corrected chi connectivity index (χ3v) is 4.56. The molecule has 0 atom stereocenters. The summed E-state index contributed by atoms with van der Waals surface area (Å²) in [7, 11) is -0.203. The Kier molecular flexibility index (Phi) is 8.93. The molecule has 0 bridgehead atoms. The van der Waals surface area contributed by atoms with Crippen LogP contribution in [0.25, 0.3) is 0 Å². The van der Waals surface area contributed by atoms with Crippen LogP contribution in [0.3, 0.4) is 0 Å². The van der Waals surface area contributed by atoms with Gasteiger partial charge in [-0.05, 0) is 24.3 Å². The van der Waals surface area contributed by atoms with Crippen LogP contribution in [0.15, 0.2) is 59.5 Å². The number of hydrogen-bond acceptors (Lipinski definition) is 5. The number of quaternary nitrogens is 1. The van der Waals surface area contributed by atoms with Crippen molar-refractivity contribution in [2.24, 2.45) is 0 Å². The number of hydrogen-bond donors (Lipinski definition) is 1.